The second-order valence-corrected chi connectivity index (χ2v) is 24.8. The molecule has 0 saturated heterocycles. The lowest BCUT2D eigenvalue weighted by atomic mass is 9.77. The summed E-state index contributed by atoms with van der Waals surface area (Å²) in [5, 5.41) is 4.52. The van der Waals surface area contributed by atoms with Crippen molar-refractivity contribution in [1.82, 2.24) is 9.55 Å². The first-order valence-corrected chi connectivity index (χ1v) is 27.2. The summed E-state index contributed by atoms with van der Waals surface area (Å²) in [6, 6.07) is 48.4. The first-order chi connectivity index (χ1) is 39.2. The highest BCUT2D eigenvalue weighted by molar-refractivity contribution is 7.26. The van der Waals surface area contributed by atoms with Gasteiger partial charge in [-0.1, -0.05) is 167 Å². The van der Waals surface area contributed by atoms with Crippen LogP contribution >= 0.6 is 11.3 Å². The molecule has 0 unspecified atom stereocenters. The summed E-state index contributed by atoms with van der Waals surface area (Å²) in [4.78, 5) is 9.40. The summed E-state index contributed by atoms with van der Waals surface area (Å²) in [5.41, 5.74) is 10.9. The molecule has 380 valence electrons. The largest absolute Gasteiger partial charge is 0.457 e. The van der Waals surface area contributed by atoms with Crippen molar-refractivity contribution < 1.29 is 14.3 Å². The summed E-state index contributed by atoms with van der Waals surface area (Å²) < 4.78 is 75.1. The van der Waals surface area contributed by atoms with Crippen molar-refractivity contribution in [2.24, 2.45) is 5.92 Å². The van der Waals surface area contributed by atoms with Crippen LogP contribution in [0.1, 0.15) is 108 Å². The molecule has 0 radical (unpaired) electrons. The Morgan fingerprint density at radius 3 is 1.95 bits per heavy atom. The van der Waals surface area contributed by atoms with Gasteiger partial charge in [0, 0.05) is 68.8 Å². The quantitative estimate of drug-likeness (QED) is 0.144. The van der Waals surface area contributed by atoms with Crippen LogP contribution in [-0.2, 0) is 22.6 Å². The molecule has 0 amide bonds. The van der Waals surface area contributed by atoms with Gasteiger partial charge < -0.3 is 14.5 Å². The minimum absolute atomic E-state index is 0.150. The van der Waals surface area contributed by atoms with Gasteiger partial charge in [-0.25, -0.2) is 4.98 Å². The maximum atomic E-state index is 9.50. The molecular weight excluding hydrogens is 945 g/mol. The fraction of sp³-hybridized carbons (Fsp3) is 0.243. The molecule has 11 aromatic rings. The van der Waals surface area contributed by atoms with Crippen molar-refractivity contribution in [3.8, 4) is 39.6 Å². The molecule has 0 saturated carbocycles. The molecule has 8 aromatic carbocycles. The molecule has 76 heavy (non-hydrogen) atoms. The summed E-state index contributed by atoms with van der Waals surface area (Å²) in [7, 11) is 0. The normalized spacial score (nSPS) is 14.8. The predicted molar refractivity (Wildman–Crippen MR) is 326 cm³/mol. The number of pyridine rings is 1. The Morgan fingerprint density at radius 2 is 1.24 bits per heavy atom. The van der Waals surface area contributed by atoms with Gasteiger partial charge in [0.1, 0.15) is 24.0 Å². The molecule has 12 rings (SSSR count). The number of benzene rings is 8. The molecule has 3 aromatic heterocycles. The van der Waals surface area contributed by atoms with Crippen molar-refractivity contribution in [3.63, 3.8) is 0 Å². The van der Waals surface area contributed by atoms with Crippen LogP contribution in [0.3, 0.4) is 0 Å². The van der Waals surface area contributed by atoms with Crippen LogP contribution in [0.15, 0.2) is 182 Å². The van der Waals surface area contributed by atoms with Crippen LogP contribution in [0, 0.1) is 5.92 Å². The highest BCUT2D eigenvalue weighted by Gasteiger charge is 2.34. The van der Waals surface area contributed by atoms with E-state index in [1.165, 1.54) is 31.3 Å². The Balaban J connectivity index is 1.01. The van der Waals surface area contributed by atoms with Crippen LogP contribution in [0.4, 0.5) is 22.7 Å². The minimum atomic E-state index is -1.58. The van der Waals surface area contributed by atoms with E-state index < -0.39 is 12.4 Å². The molecule has 0 spiro atoms. The molecule has 0 fully saturated rings. The lowest BCUT2D eigenvalue weighted by Gasteiger charge is -2.31. The van der Waals surface area contributed by atoms with E-state index in [2.05, 4.69) is 168 Å². The summed E-state index contributed by atoms with van der Waals surface area (Å²) in [6.07, 6.45) is 0.122. The highest BCUT2D eigenvalue weighted by Crippen LogP contribution is 2.53. The zero-order valence-electron chi connectivity index (χ0n) is 52.3. The maximum absolute atomic E-state index is 9.50. The van der Waals surface area contributed by atoms with Gasteiger partial charge in [-0.05, 0) is 135 Å². The van der Waals surface area contributed by atoms with E-state index in [4.69, 9.17) is 16.6 Å². The van der Waals surface area contributed by atoms with Gasteiger partial charge in [-0.3, -0.25) is 4.57 Å². The lowest BCUT2D eigenvalue weighted by Crippen LogP contribution is -2.25. The molecule has 5 nitrogen and oxygen atoms in total. The van der Waals surface area contributed by atoms with Crippen molar-refractivity contribution in [2.45, 2.75) is 98.8 Å². The standard InChI is InChI=1S/C70H68N4OS/c1-44(2)34-45-32-33-71-64(35-45)74-61-31-30-55-54-24-15-18-27-63(54)76-67(55)65(61)56-29-28-53(42-62(56)74)75-52-23-19-22-51(41-52)72-43-73(60-26-17-16-25-59(60)72)66-57(46-20-13-12-14-21-46)39-50(70(9,10)11)40-58(66)47-36-48(68(3,4)5)38-49(37-47)69(6,7)8/h12-33,35-42,44H,34,43H2,1-11H3/i12D,13D,14D,20D,21D,34D2. The average molecular weight is 1020 g/mol. The smallest absolute Gasteiger partial charge is 0.137 e. The van der Waals surface area contributed by atoms with Crippen molar-refractivity contribution >= 4 is 76.1 Å². The topological polar surface area (TPSA) is 33.5 Å². The Labute approximate surface area is 462 Å². The molecule has 1 aliphatic rings. The molecular formula is C70H68N4OS. The van der Waals surface area contributed by atoms with Gasteiger partial charge >= 0.3 is 0 Å². The van der Waals surface area contributed by atoms with Crippen LogP contribution in [-0.4, -0.2) is 16.2 Å². The number of ether oxygens (including phenoxy) is 1. The number of hydrogen-bond donors (Lipinski definition) is 0. The average Bonchev–Trinajstić information content (AvgIpc) is 2.24. The molecule has 0 aliphatic carbocycles. The number of hydrogen-bond acceptors (Lipinski definition) is 5. The molecule has 4 heterocycles. The highest BCUT2D eigenvalue weighted by atomic mass is 32.1. The van der Waals surface area contributed by atoms with Crippen molar-refractivity contribution in [3.05, 3.63) is 204 Å². The third kappa shape index (κ3) is 8.90. The number of aromatic nitrogens is 2. The Bertz CT molecular complexity index is 4380. The number of rotatable bonds is 9. The van der Waals surface area contributed by atoms with Crippen LogP contribution < -0.4 is 14.5 Å². The monoisotopic (exact) mass is 1020 g/mol. The number of nitrogens with zero attached hydrogens (tertiary/aromatic N) is 4. The molecule has 1 aliphatic heterocycles. The van der Waals surface area contributed by atoms with E-state index >= 15 is 0 Å². The van der Waals surface area contributed by atoms with Gasteiger partial charge in [0.05, 0.1) is 34.9 Å². The Kier molecular flexibility index (Phi) is 10.2. The van der Waals surface area contributed by atoms with E-state index in [9.17, 15) is 2.74 Å². The lowest BCUT2D eigenvalue weighted by molar-refractivity contribution is 0.483. The zero-order chi connectivity index (χ0) is 59.0. The van der Waals surface area contributed by atoms with Crippen molar-refractivity contribution in [2.75, 3.05) is 16.5 Å². The number of fused-ring (bicyclic) bond motifs is 8. The van der Waals surface area contributed by atoms with Gasteiger partial charge in [0.15, 0.2) is 0 Å². The summed E-state index contributed by atoms with van der Waals surface area (Å²) >= 11 is 1.77. The van der Waals surface area contributed by atoms with E-state index in [0.717, 1.165) is 61.2 Å². The Hall–Kier alpha value is -7.67. The third-order valence-electron chi connectivity index (χ3n) is 14.8. The number of thiophene rings is 1. The molecule has 0 atom stereocenters. The van der Waals surface area contributed by atoms with Crippen LogP contribution in [0.25, 0.3) is 70.0 Å². The van der Waals surface area contributed by atoms with E-state index in [0.29, 0.717) is 35.1 Å². The zero-order valence-corrected chi connectivity index (χ0v) is 46.1. The predicted octanol–water partition coefficient (Wildman–Crippen LogP) is 20.0. The molecule has 0 N–H and O–H groups in total. The van der Waals surface area contributed by atoms with E-state index in [-0.39, 0.29) is 51.9 Å². The number of para-hydroxylation sites is 2. The fourth-order valence-electron chi connectivity index (χ4n) is 10.8. The third-order valence-corrected chi connectivity index (χ3v) is 16.0. The van der Waals surface area contributed by atoms with E-state index in [1.807, 2.05) is 62.4 Å². The van der Waals surface area contributed by atoms with Crippen LogP contribution in [0.2, 0.25) is 0 Å². The SMILES string of the molecule is [2H]c1c([2H])c([2H])c(-c2cc(C(C)(C)C)cc(-c3cc(C(C)(C)C)cc(C(C)(C)C)c3)c2N2CN(c3cccc(Oc4ccc5c6c7sc8ccccc8c7ccc6n(-c6cc(C([2H])([2H])C(C)C)ccn6)c5c4)c3)c3ccccc32)c([2H])c1[2H]. The Morgan fingerprint density at radius 1 is 0.592 bits per heavy atom. The summed E-state index contributed by atoms with van der Waals surface area (Å²) in [6.45, 7) is 23.9. The van der Waals surface area contributed by atoms with Gasteiger partial charge in [0.2, 0.25) is 0 Å². The summed E-state index contributed by atoms with van der Waals surface area (Å²) in [5.74, 6) is 1.58. The second kappa shape index (κ2) is 18.6. The maximum Gasteiger partial charge on any atom is 0.137 e. The minimum Gasteiger partial charge on any atom is -0.457 e. The fourth-order valence-corrected chi connectivity index (χ4v) is 12.1. The van der Waals surface area contributed by atoms with Gasteiger partial charge in [0.25, 0.3) is 0 Å². The molecule has 0 bridgehead atoms. The number of anilines is 4. The van der Waals surface area contributed by atoms with Crippen molar-refractivity contribution in [1.29, 1.82) is 0 Å². The first kappa shape index (κ1) is 41.6. The van der Waals surface area contributed by atoms with Gasteiger partial charge in [-0.2, -0.15) is 0 Å². The van der Waals surface area contributed by atoms with E-state index in [1.54, 1.807) is 23.6 Å². The first-order valence-electron chi connectivity index (χ1n) is 29.9. The second-order valence-electron chi connectivity index (χ2n) is 23.7. The van der Waals surface area contributed by atoms with Crippen LogP contribution in [0.5, 0.6) is 11.5 Å². The van der Waals surface area contributed by atoms with Gasteiger partial charge in [-0.15, -0.1) is 11.3 Å². The molecule has 6 heteroatoms.